The second-order valence-corrected chi connectivity index (χ2v) is 5.32. The molecule has 0 fully saturated rings. The first kappa shape index (κ1) is 16.7. The number of nitrogens with one attached hydrogen (secondary N) is 2. The van der Waals surface area contributed by atoms with E-state index in [9.17, 15) is 14.4 Å². The highest BCUT2D eigenvalue weighted by Crippen LogP contribution is 2.24. The molecular formula is C17H20N2O4. The lowest BCUT2D eigenvalue weighted by molar-refractivity contribution is -0.156. The third-order valence-corrected chi connectivity index (χ3v) is 3.59. The van der Waals surface area contributed by atoms with E-state index in [1.165, 1.54) is 7.05 Å². The predicted octanol–water partition coefficient (Wildman–Crippen LogP) is 2.08. The van der Waals surface area contributed by atoms with Crippen LogP contribution in [0.5, 0.6) is 0 Å². The van der Waals surface area contributed by atoms with Crippen LogP contribution in [0.4, 0.5) is 4.79 Å². The first-order valence-corrected chi connectivity index (χ1v) is 7.54. The molecule has 6 nitrogen and oxygen atoms in total. The van der Waals surface area contributed by atoms with Gasteiger partial charge in [0.2, 0.25) is 6.10 Å². The molecule has 0 unspecified atom stereocenters. The molecule has 0 aliphatic heterocycles. The third kappa shape index (κ3) is 4.95. The van der Waals surface area contributed by atoms with E-state index in [1.54, 1.807) is 30.3 Å². The minimum absolute atomic E-state index is 0.154. The molecule has 1 aliphatic rings. The summed E-state index contributed by atoms with van der Waals surface area (Å²) >= 11 is 0. The average molecular weight is 316 g/mol. The fourth-order valence-electron chi connectivity index (χ4n) is 2.40. The number of urea groups is 1. The van der Waals surface area contributed by atoms with Crippen molar-refractivity contribution < 1.29 is 19.1 Å². The highest BCUT2D eigenvalue weighted by Gasteiger charge is 2.27. The van der Waals surface area contributed by atoms with Gasteiger partial charge < -0.3 is 10.1 Å². The van der Waals surface area contributed by atoms with Crippen LogP contribution in [0.25, 0.3) is 0 Å². The van der Waals surface area contributed by atoms with Gasteiger partial charge in [0.25, 0.3) is 5.91 Å². The summed E-state index contributed by atoms with van der Waals surface area (Å²) in [7, 11) is 1.40. The lowest BCUT2D eigenvalue weighted by Gasteiger charge is -2.18. The van der Waals surface area contributed by atoms with Crippen molar-refractivity contribution in [2.45, 2.75) is 25.4 Å². The second kappa shape index (κ2) is 8.12. The van der Waals surface area contributed by atoms with Gasteiger partial charge in [0.05, 0.1) is 6.42 Å². The number of carbonyl (C=O) groups is 3. The maximum atomic E-state index is 12.2. The van der Waals surface area contributed by atoms with Crippen molar-refractivity contribution in [1.82, 2.24) is 10.6 Å². The van der Waals surface area contributed by atoms with E-state index in [2.05, 4.69) is 10.6 Å². The molecule has 1 aliphatic carbocycles. The van der Waals surface area contributed by atoms with E-state index >= 15 is 0 Å². The van der Waals surface area contributed by atoms with E-state index in [4.69, 9.17) is 4.74 Å². The van der Waals surface area contributed by atoms with Gasteiger partial charge >= 0.3 is 12.0 Å². The van der Waals surface area contributed by atoms with Crippen LogP contribution in [0.3, 0.4) is 0 Å². The lowest BCUT2D eigenvalue weighted by atomic mass is 10.1. The van der Waals surface area contributed by atoms with Crippen LogP contribution >= 0.6 is 0 Å². The molecule has 0 aromatic heterocycles. The molecule has 6 heteroatoms. The number of allylic oxidation sites excluding steroid dienone is 2. The van der Waals surface area contributed by atoms with E-state index in [0.29, 0.717) is 5.56 Å². The van der Waals surface area contributed by atoms with Crippen LogP contribution in [0.15, 0.2) is 42.5 Å². The van der Waals surface area contributed by atoms with Gasteiger partial charge in [-0.05, 0) is 18.8 Å². The number of hydrogen-bond acceptors (Lipinski definition) is 4. The molecule has 0 saturated carbocycles. The normalized spacial score (nSPS) is 17.3. The van der Waals surface area contributed by atoms with Crippen LogP contribution in [0.2, 0.25) is 0 Å². The minimum Gasteiger partial charge on any atom is -0.447 e. The summed E-state index contributed by atoms with van der Waals surface area (Å²) in [5.41, 5.74) is 0.518. The van der Waals surface area contributed by atoms with Gasteiger partial charge in [-0.3, -0.25) is 14.9 Å². The number of imide groups is 1. The Morgan fingerprint density at radius 2 is 2.00 bits per heavy atom. The summed E-state index contributed by atoms with van der Waals surface area (Å²) in [5.74, 6) is -0.978. The molecule has 3 amide bonds. The maximum Gasteiger partial charge on any atom is 0.321 e. The summed E-state index contributed by atoms with van der Waals surface area (Å²) in [6.07, 6.45) is 4.97. The van der Waals surface area contributed by atoms with Gasteiger partial charge in [-0.2, -0.15) is 0 Å². The molecule has 0 spiro atoms. The summed E-state index contributed by atoms with van der Waals surface area (Å²) in [5, 5.41) is 4.44. The quantitative estimate of drug-likeness (QED) is 0.643. The van der Waals surface area contributed by atoms with Gasteiger partial charge in [0.1, 0.15) is 0 Å². The highest BCUT2D eigenvalue weighted by molar-refractivity contribution is 5.97. The largest absolute Gasteiger partial charge is 0.447 e. The summed E-state index contributed by atoms with van der Waals surface area (Å²) < 4.78 is 5.34. The Morgan fingerprint density at radius 3 is 2.61 bits per heavy atom. The summed E-state index contributed by atoms with van der Waals surface area (Å²) in [6.45, 7) is 0. The van der Waals surface area contributed by atoms with Crippen molar-refractivity contribution in [2.75, 3.05) is 7.05 Å². The van der Waals surface area contributed by atoms with Gasteiger partial charge in [0.15, 0.2) is 0 Å². The molecular weight excluding hydrogens is 296 g/mol. The van der Waals surface area contributed by atoms with Crippen LogP contribution in [-0.4, -0.2) is 25.0 Å². The Balaban J connectivity index is 2.06. The molecule has 23 heavy (non-hydrogen) atoms. The predicted molar refractivity (Wildman–Crippen MR) is 84.4 cm³/mol. The average Bonchev–Trinajstić information content (AvgIpc) is 3.06. The zero-order valence-electron chi connectivity index (χ0n) is 13.0. The molecule has 2 N–H and O–H groups in total. The Morgan fingerprint density at radius 1 is 1.26 bits per heavy atom. The summed E-state index contributed by atoms with van der Waals surface area (Å²) in [6, 6.07) is 7.98. The second-order valence-electron chi connectivity index (χ2n) is 5.32. The van der Waals surface area contributed by atoms with Gasteiger partial charge in [-0.1, -0.05) is 42.5 Å². The molecule has 0 saturated heterocycles. The van der Waals surface area contributed by atoms with Crippen molar-refractivity contribution in [3.63, 3.8) is 0 Å². The Labute approximate surface area is 134 Å². The highest BCUT2D eigenvalue weighted by atomic mass is 16.5. The van der Waals surface area contributed by atoms with Crippen molar-refractivity contribution in [3.05, 3.63) is 48.0 Å². The number of ether oxygens (including phenoxy) is 1. The zero-order chi connectivity index (χ0) is 16.7. The molecule has 1 aromatic rings. The van der Waals surface area contributed by atoms with Crippen molar-refractivity contribution in [2.24, 2.45) is 5.92 Å². The zero-order valence-corrected chi connectivity index (χ0v) is 13.0. The van der Waals surface area contributed by atoms with Crippen molar-refractivity contribution in [1.29, 1.82) is 0 Å². The number of benzene rings is 1. The first-order chi connectivity index (χ1) is 11.1. The van der Waals surface area contributed by atoms with Crippen molar-refractivity contribution >= 4 is 17.9 Å². The standard InChI is InChI=1S/C17H20N2O4/c1-18-17(22)19-16(21)15(13-9-3-2-4-10-13)23-14(20)11-12-7-5-6-8-12/h2-5,7,9-10,12,15H,6,8,11H2,1H3,(H2,18,19,21,22)/t12-,15-/m1/s1. The number of carbonyl (C=O) groups excluding carboxylic acids is 3. The first-order valence-electron chi connectivity index (χ1n) is 7.54. The smallest absolute Gasteiger partial charge is 0.321 e. The molecule has 0 bridgehead atoms. The van der Waals surface area contributed by atoms with Gasteiger partial charge in [-0.15, -0.1) is 0 Å². The fraction of sp³-hybridized carbons (Fsp3) is 0.353. The van der Waals surface area contributed by atoms with Crippen LogP contribution in [-0.2, 0) is 14.3 Å². The lowest BCUT2D eigenvalue weighted by Crippen LogP contribution is -2.41. The molecule has 0 radical (unpaired) electrons. The van der Waals surface area contributed by atoms with Gasteiger partial charge in [0, 0.05) is 12.6 Å². The SMILES string of the molecule is CNC(=O)NC(=O)[C@H](OC(=O)C[C@@H]1C=CCC1)c1ccccc1. The van der Waals surface area contributed by atoms with E-state index in [0.717, 1.165) is 12.8 Å². The monoisotopic (exact) mass is 316 g/mol. The molecule has 2 rings (SSSR count). The Hall–Kier alpha value is -2.63. The number of rotatable bonds is 5. The number of hydrogen-bond donors (Lipinski definition) is 2. The van der Waals surface area contributed by atoms with E-state index in [-0.39, 0.29) is 12.3 Å². The van der Waals surface area contributed by atoms with Crippen LogP contribution < -0.4 is 10.6 Å². The van der Waals surface area contributed by atoms with Crippen LogP contribution in [0, 0.1) is 5.92 Å². The maximum absolute atomic E-state index is 12.2. The Kier molecular flexibility index (Phi) is 5.91. The molecule has 0 heterocycles. The van der Waals surface area contributed by atoms with E-state index < -0.39 is 24.0 Å². The van der Waals surface area contributed by atoms with Crippen LogP contribution in [0.1, 0.15) is 30.9 Å². The third-order valence-electron chi connectivity index (χ3n) is 3.59. The minimum atomic E-state index is -1.15. The molecule has 2 atom stereocenters. The van der Waals surface area contributed by atoms with Gasteiger partial charge in [-0.25, -0.2) is 4.79 Å². The van der Waals surface area contributed by atoms with Crippen molar-refractivity contribution in [3.8, 4) is 0 Å². The summed E-state index contributed by atoms with van der Waals surface area (Å²) in [4.78, 5) is 35.7. The Bertz CT molecular complexity index is 598. The molecule has 122 valence electrons. The molecule has 1 aromatic carbocycles. The van der Waals surface area contributed by atoms with E-state index in [1.807, 2.05) is 12.2 Å². The topological polar surface area (TPSA) is 84.5 Å². The fourth-order valence-corrected chi connectivity index (χ4v) is 2.40. The number of amides is 3. The number of esters is 1.